The van der Waals surface area contributed by atoms with Crippen LogP contribution in [0.1, 0.15) is 21.7 Å². The van der Waals surface area contributed by atoms with Crippen LogP contribution in [0, 0.1) is 13.8 Å². The second-order valence-corrected chi connectivity index (χ2v) is 9.14. The highest BCUT2D eigenvalue weighted by Crippen LogP contribution is 2.29. The molecule has 0 unspecified atom stereocenters. The van der Waals surface area contributed by atoms with Crippen molar-refractivity contribution in [2.75, 3.05) is 26.5 Å². The zero-order valence-electron chi connectivity index (χ0n) is 17.5. The minimum absolute atomic E-state index is 0.0588. The molecule has 0 aliphatic rings. The number of amides is 1. The first-order chi connectivity index (χ1) is 14.1. The molecule has 3 rings (SSSR count). The van der Waals surface area contributed by atoms with E-state index in [0.29, 0.717) is 11.3 Å². The molecular weight excluding hydrogens is 404 g/mol. The molecule has 0 atom stereocenters. The fourth-order valence-electron chi connectivity index (χ4n) is 2.99. The lowest BCUT2D eigenvalue weighted by Crippen LogP contribution is -2.22. The van der Waals surface area contributed by atoms with Crippen LogP contribution in [0.4, 0.5) is 5.69 Å². The van der Waals surface area contributed by atoms with Gasteiger partial charge in [0, 0.05) is 25.4 Å². The van der Waals surface area contributed by atoms with Gasteiger partial charge in [-0.1, -0.05) is 0 Å². The summed E-state index contributed by atoms with van der Waals surface area (Å²) in [6.45, 7) is 3.88. The fourth-order valence-corrected chi connectivity index (χ4v) is 3.92. The number of carbonyl (C=O) groups excluding carboxylic acids is 1. The number of aryl methyl sites for hydroxylation is 2. The minimum Gasteiger partial charge on any atom is -0.495 e. The van der Waals surface area contributed by atoms with Gasteiger partial charge in [-0.25, -0.2) is 17.4 Å². The van der Waals surface area contributed by atoms with Gasteiger partial charge < -0.3 is 10.1 Å². The van der Waals surface area contributed by atoms with Crippen LogP contribution in [0.25, 0.3) is 5.69 Å². The molecule has 1 heterocycles. The average molecular weight is 429 g/mol. The zero-order valence-corrected chi connectivity index (χ0v) is 18.3. The Morgan fingerprint density at radius 2 is 1.73 bits per heavy atom. The van der Waals surface area contributed by atoms with Gasteiger partial charge in [0.25, 0.3) is 5.91 Å². The Morgan fingerprint density at radius 1 is 1.07 bits per heavy atom. The molecule has 1 N–H and O–H groups in total. The van der Waals surface area contributed by atoms with Crippen molar-refractivity contribution < 1.29 is 17.9 Å². The van der Waals surface area contributed by atoms with E-state index >= 15 is 0 Å². The summed E-state index contributed by atoms with van der Waals surface area (Å²) < 4.78 is 33.0. The largest absolute Gasteiger partial charge is 0.495 e. The van der Waals surface area contributed by atoms with Crippen LogP contribution in [0.15, 0.2) is 53.4 Å². The van der Waals surface area contributed by atoms with E-state index in [9.17, 15) is 13.2 Å². The highest BCUT2D eigenvalue weighted by molar-refractivity contribution is 7.89. The Bertz CT molecular complexity index is 1180. The molecule has 158 valence electrons. The van der Waals surface area contributed by atoms with E-state index in [-0.39, 0.29) is 16.5 Å². The molecule has 0 saturated carbocycles. The second-order valence-electron chi connectivity index (χ2n) is 6.99. The third kappa shape index (κ3) is 4.22. The Morgan fingerprint density at radius 3 is 2.27 bits per heavy atom. The minimum atomic E-state index is -3.65. The lowest BCUT2D eigenvalue weighted by atomic mass is 10.2. The molecule has 0 radical (unpaired) electrons. The number of hydrogen-bond acceptors (Lipinski definition) is 5. The molecule has 1 aromatic heterocycles. The van der Waals surface area contributed by atoms with Crippen molar-refractivity contribution in [3.05, 3.63) is 65.5 Å². The number of carbonyl (C=O) groups is 1. The molecular formula is C21H24N4O4S. The average Bonchev–Trinajstić information content (AvgIpc) is 3.05. The number of hydrogen-bond donors (Lipinski definition) is 1. The number of ether oxygens (including phenoxy) is 1. The number of methoxy groups -OCH3 is 1. The van der Waals surface area contributed by atoms with E-state index in [4.69, 9.17) is 4.74 Å². The number of nitrogens with one attached hydrogen (secondary N) is 1. The predicted octanol–water partition coefficient (Wildman–Crippen LogP) is 3.00. The van der Waals surface area contributed by atoms with Crippen molar-refractivity contribution in [1.82, 2.24) is 14.1 Å². The number of rotatable bonds is 6. The summed E-state index contributed by atoms with van der Waals surface area (Å²) in [6, 6.07) is 13.3. The third-order valence-electron chi connectivity index (χ3n) is 4.58. The van der Waals surface area contributed by atoms with Crippen molar-refractivity contribution in [3.63, 3.8) is 0 Å². The first-order valence-electron chi connectivity index (χ1n) is 9.19. The first kappa shape index (κ1) is 21.5. The smallest absolute Gasteiger partial charge is 0.255 e. The van der Waals surface area contributed by atoms with Crippen molar-refractivity contribution in [3.8, 4) is 11.4 Å². The quantitative estimate of drug-likeness (QED) is 0.651. The van der Waals surface area contributed by atoms with Crippen LogP contribution in [0.3, 0.4) is 0 Å². The highest BCUT2D eigenvalue weighted by Gasteiger charge is 2.20. The second kappa shape index (κ2) is 8.29. The molecule has 0 fully saturated rings. The number of sulfonamides is 1. The molecule has 30 heavy (non-hydrogen) atoms. The van der Waals surface area contributed by atoms with Crippen molar-refractivity contribution in [1.29, 1.82) is 0 Å². The lowest BCUT2D eigenvalue weighted by molar-refractivity contribution is 0.102. The number of nitrogens with zero attached hydrogens (tertiary/aromatic N) is 3. The number of anilines is 1. The van der Waals surface area contributed by atoms with Gasteiger partial charge >= 0.3 is 0 Å². The van der Waals surface area contributed by atoms with Gasteiger partial charge in [-0.15, -0.1) is 0 Å². The van der Waals surface area contributed by atoms with Crippen molar-refractivity contribution >= 4 is 21.6 Å². The Hall–Kier alpha value is -3.17. The van der Waals surface area contributed by atoms with Gasteiger partial charge in [-0.05, 0) is 62.4 Å². The Kier molecular flexibility index (Phi) is 5.95. The van der Waals surface area contributed by atoms with E-state index < -0.39 is 10.0 Å². The van der Waals surface area contributed by atoms with E-state index in [1.807, 2.05) is 19.9 Å². The van der Waals surface area contributed by atoms with Crippen LogP contribution in [0.5, 0.6) is 5.75 Å². The SMILES string of the molecule is COc1ccc(S(=O)(=O)N(C)C)cc1NC(=O)c1ccc(-n2nc(C)cc2C)cc1. The summed E-state index contributed by atoms with van der Waals surface area (Å²) in [5.41, 5.74) is 3.44. The summed E-state index contributed by atoms with van der Waals surface area (Å²) in [4.78, 5) is 12.8. The van der Waals surface area contributed by atoms with E-state index in [0.717, 1.165) is 21.4 Å². The van der Waals surface area contributed by atoms with Crippen molar-refractivity contribution in [2.45, 2.75) is 18.7 Å². The molecule has 8 nitrogen and oxygen atoms in total. The van der Waals surface area contributed by atoms with Gasteiger partial charge in [0.05, 0.1) is 29.1 Å². The van der Waals surface area contributed by atoms with E-state index in [1.54, 1.807) is 28.9 Å². The number of benzene rings is 2. The molecule has 9 heteroatoms. The summed E-state index contributed by atoms with van der Waals surface area (Å²) in [5, 5.41) is 7.17. The molecule has 0 saturated heterocycles. The summed E-state index contributed by atoms with van der Waals surface area (Å²) in [5.74, 6) is -0.0204. The van der Waals surface area contributed by atoms with Crippen LogP contribution in [0.2, 0.25) is 0 Å². The first-order valence-corrected chi connectivity index (χ1v) is 10.6. The van der Waals surface area contributed by atoms with E-state index in [1.165, 1.54) is 39.4 Å². The molecule has 0 aliphatic carbocycles. The van der Waals surface area contributed by atoms with Gasteiger partial charge in [-0.2, -0.15) is 5.10 Å². The highest BCUT2D eigenvalue weighted by atomic mass is 32.2. The van der Waals surface area contributed by atoms with Crippen LogP contribution >= 0.6 is 0 Å². The molecule has 0 spiro atoms. The summed E-state index contributed by atoms with van der Waals surface area (Å²) >= 11 is 0. The Balaban J connectivity index is 1.87. The fraction of sp³-hybridized carbons (Fsp3) is 0.238. The maximum atomic E-state index is 12.7. The maximum absolute atomic E-state index is 12.7. The van der Waals surface area contributed by atoms with Gasteiger partial charge in [0.15, 0.2) is 0 Å². The third-order valence-corrected chi connectivity index (χ3v) is 6.39. The monoisotopic (exact) mass is 428 g/mol. The molecule has 3 aromatic rings. The predicted molar refractivity (Wildman–Crippen MR) is 115 cm³/mol. The molecule has 0 aliphatic heterocycles. The van der Waals surface area contributed by atoms with Crippen LogP contribution in [-0.4, -0.2) is 49.6 Å². The Labute approximate surface area is 176 Å². The normalized spacial score (nSPS) is 11.5. The van der Waals surface area contributed by atoms with Gasteiger partial charge in [-0.3, -0.25) is 4.79 Å². The van der Waals surface area contributed by atoms with Crippen molar-refractivity contribution in [2.24, 2.45) is 0 Å². The van der Waals surface area contributed by atoms with Gasteiger partial charge in [0.2, 0.25) is 10.0 Å². The lowest BCUT2D eigenvalue weighted by Gasteiger charge is -2.15. The summed E-state index contributed by atoms with van der Waals surface area (Å²) in [6.07, 6.45) is 0. The van der Waals surface area contributed by atoms with Gasteiger partial charge in [0.1, 0.15) is 5.75 Å². The van der Waals surface area contributed by atoms with Crippen LogP contribution in [-0.2, 0) is 10.0 Å². The standard InChI is InChI=1S/C21H24N4O4S/c1-14-12-15(2)25(23-14)17-8-6-16(7-9-17)21(26)22-19-13-18(10-11-20(19)29-5)30(27,28)24(3)4/h6-13H,1-5H3,(H,22,26). The number of aromatic nitrogens is 2. The molecule has 0 bridgehead atoms. The van der Waals surface area contributed by atoms with E-state index in [2.05, 4.69) is 10.4 Å². The molecule has 1 amide bonds. The van der Waals surface area contributed by atoms with Crippen LogP contribution < -0.4 is 10.1 Å². The molecule has 2 aromatic carbocycles. The summed E-state index contributed by atoms with van der Waals surface area (Å²) in [7, 11) is 0.700. The maximum Gasteiger partial charge on any atom is 0.255 e. The zero-order chi connectivity index (χ0) is 22.1. The topological polar surface area (TPSA) is 93.5 Å².